The zero-order valence-corrected chi connectivity index (χ0v) is 17.3. The predicted octanol–water partition coefficient (Wildman–Crippen LogP) is 3.52. The number of nitrogens with zero attached hydrogens (tertiary/aromatic N) is 2. The minimum Gasteiger partial charge on any atom is -0.492 e. The molecule has 1 heterocycles. The maximum atomic E-state index is 13.2. The minimum absolute atomic E-state index is 0.00407. The number of ether oxygens (including phenoxy) is 1. The van der Waals surface area contributed by atoms with Crippen molar-refractivity contribution in [2.45, 2.75) is 12.5 Å². The van der Waals surface area contributed by atoms with Gasteiger partial charge in [-0.2, -0.15) is 0 Å². The van der Waals surface area contributed by atoms with Crippen molar-refractivity contribution >= 4 is 22.6 Å². The van der Waals surface area contributed by atoms with E-state index >= 15 is 0 Å². The number of hydrogen-bond donors (Lipinski definition) is 1. The number of carbonyl (C=O) groups excluding carboxylic acids is 1. The molecule has 6 heteroatoms. The second-order valence-corrected chi connectivity index (χ2v) is 7.73. The van der Waals surface area contributed by atoms with Crippen LogP contribution in [-0.4, -0.2) is 65.6 Å². The molecule has 1 fully saturated rings. The molecule has 31 heavy (non-hydrogen) atoms. The van der Waals surface area contributed by atoms with Crippen molar-refractivity contribution in [2.75, 3.05) is 32.8 Å². The molecule has 1 N–H and O–H groups in total. The summed E-state index contributed by atoms with van der Waals surface area (Å²) >= 11 is 0. The molecule has 6 nitrogen and oxygen atoms in total. The van der Waals surface area contributed by atoms with Crippen LogP contribution in [0.2, 0.25) is 0 Å². The lowest BCUT2D eigenvalue weighted by Crippen LogP contribution is -2.53. The van der Waals surface area contributed by atoms with Crippen molar-refractivity contribution in [2.24, 2.45) is 0 Å². The van der Waals surface area contributed by atoms with Gasteiger partial charge in [0, 0.05) is 31.7 Å². The van der Waals surface area contributed by atoms with Crippen molar-refractivity contribution in [3.63, 3.8) is 0 Å². The molecule has 1 unspecified atom stereocenters. The highest BCUT2D eigenvalue weighted by molar-refractivity contribution is 6.07. The molecule has 160 valence electrons. The molecule has 1 aliphatic heterocycles. The Morgan fingerprint density at radius 2 is 1.55 bits per heavy atom. The van der Waals surface area contributed by atoms with E-state index in [-0.39, 0.29) is 18.4 Å². The molecule has 1 atom stereocenters. The van der Waals surface area contributed by atoms with Gasteiger partial charge >= 0.3 is 5.97 Å². The highest BCUT2D eigenvalue weighted by Crippen LogP contribution is 2.21. The van der Waals surface area contributed by atoms with Crippen LogP contribution < -0.4 is 4.74 Å². The van der Waals surface area contributed by atoms with E-state index in [0.29, 0.717) is 38.3 Å². The highest BCUT2D eigenvalue weighted by Gasteiger charge is 2.29. The van der Waals surface area contributed by atoms with E-state index < -0.39 is 5.97 Å². The number of carboxylic acids is 1. The second-order valence-electron chi connectivity index (χ2n) is 7.73. The zero-order valence-electron chi connectivity index (χ0n) is 17.3. The normalized spacial score (nSPS) is 15.5. The van der Waals surface area contributed by atoms with Crippen molar-refractivity contribution < 1.29 is 19.4 Å². The van der Waals surface area contributed by atoms with E-state index in [0.717, 1.165) is 16.5 Å². The van der Waals surface area contributed by atoms with Crippen LogP contribution in [0, 0.1) is 0 Å². The fourth-order valence-corrected chi connectivity index (χ4v) is 4.08. The summed E-state index contributed by atoms with van der Waals surface area (Å²) in [5.74, 6) is -0.106. The monoisotopic (exact) mass is 418 g/mol. The predicted molar refractivity (Wildman–Crippen MR) is 119 cm³/mol. The van der Waals surface area contributed by atoms with Gasteiger partial charge in [-0.15, -0.1) is 0 Å². The van der Waals surface area contributed by atoms with Crippen LogP contribution in [0.3, 0.4) is 0 Å². The van der Waals surface area contributed by atoms with Gasteiger partial charge in [0.2, 0.25) is 0 Å². The van der Waals surface area contributed by atoms with E-state index in [4.69, 9.17) is 4.74 Å². The summed E-state index contributed by atoms with van der Waals surface area (Å²) in [5.41, 5.74) is 0.709. The average Bonchev–Trinajstić information content (AvgIpc) is 2.81. The number of rotatable bonds is 7. The topological polar surface area (TPSA) is 70.1 Å². The number of carboxylic acid groups (broad SMARTS) is 1. The number of aliphatic carboxylic acids is 1. The van der Waals surface area contributed by atoms with Crippen molar-refractivity contribution in [1.82, 2.24) is 9.80 Å². The molecule has 1 aliphatic rings. The summed E-state index contributed by atoms with van der Waals surface area (Å²) in [5, 5.41) is 11.4. The number of benzene rings is 3. The second kappa shape index (κ2) is 9.62. The lowest BCUT2D eigenvalue weighted by Gasteiger charge is -2.38. The number of fused-ring (bicyclic) bond motifs is 1. The van der Waals surface area contributed by atoms with Gasteiger partial charge in [-0.05, 0) is 29.0 Å². The molecular formula is C25H26N2O4. The molecule has 3 aromatic rings. The van der Waals surface area contributed by atoms with E-state index in [9.17, 15) is 14.7 Å². The Kier molecular flexibility index (Phi) is 6.48. The van der Waals surface area contributed by atoms with Gasteiger partial charge in [0.05, 0.1) is 12.5 Å². The van der Waals surface area contributed by atoms with Crippen LogP contribution in [0.5, 0.6) is 5.75 Å². The molecule has 3 aromatic carbocycles. The first-order chi connectivity index (χ1) is 15.1. The fourth-order valence-electron chi connectivity index (χ4n) is 4.08. The van der Waals surface area contributed by atoms with Gasteiger partial charge in [0.1, 0.15) is 12.4 Å². The van der Waals surface area contributed by atoms with Gasteiger partial charge in [-0.25, -0.2) is 0 Å². The number of amides is 1. The van der Waals surface area contributed by atoms with Crippen molar-refractivity contribution in [3.8, 4) is 5.75 Å². The van der Waals surface area contributed by atoms with Gasteiger partial charge in [0.15, 0.2) is 0 Å². The maximum Gasteiger partial charge on any atom is 0.305 e. The number of carbonyl (C=O) groups is 2. The largest absolute Gasteiger partial charge is 0.492 e. The Morgan fingerprint density at radius 1 is 0.871 bits per heavy atom. The summed E-state index contributed by atoms with van der Waals surface area (Å²) in [7, 11) is 0. The first kappa shape index (κ1) is 20.9. The quantitative estimate of drug-likeness (QED) is 0.636. The summed E-state index contributed by atoms with van der Waals surface area (Å²) in [6.45, 7) is 2.65. The van der Waals surface area contributed by atoms with Crippen LogP contribution in [0.1, 0.15) is 16.8 Å². The first-order valence-corrected chi connectivity index (χ1v) is 10.5. The van der Waals surface area contributed by atoms with Gasteiger partial charge in [-0.3, -0.25) is 14.5 Å². The summed E-state index contributed by atoms with van der Waals surface area (Å²) in [6.07, 6.45) is 0.00407. The average molecular weight is 418 g/mol. The van der Waals surface area contributed by atoms with Gasteiger partial charge in [-0.1, -0.05) is 54.6 Å². The van der Waals surface area contributed by atoms with Gasteiger partial charge in [0.25, 0.3) is 5.91 Å². The smallest absolute Gasteiger partial charge is 0.305 e. The first-order valence-electron chi connectivity index (χ1n) is 10.5. The third-order valence-electron chi connectivity index (χ3n) is 5.73. The molecule has 0 bridgehead atoms. The summed E-state index contributed by atoms with van der Waals surface area (Å²) < 4.78 is 5.83. The van der Waals surface area contributed by atoms with Crippen molar-refractivity contribution in [1.29, 1.82) is 0 Å². The zero-order chi connectivity index (χ0) is 21.6. The Balaban J connectivity index is 1.40. The van der Waals surface area contributed by atoms with Crippen LogP contribution in [-0.2, 0) is 4.79 Å². The molecule has 1 amide bonds. The van der Waals surface area contributed by atoms with E-state index in [1.165, 1.54) is 0 Å². The highest BCUT2D eigenvalue weighted by atomic mass is 16.5. The Labute approximate surface area is 181 Å². The third kappa shape index (κ3) is 5.03. The molecule has 0 aromatic heterocycles. The Morgan fingerprint density at radius 3 is 2.29 bits per heavy atom. The maximum absolute atomic E-state index is 13.2. The SMILES string of the molecule is O=C(O)CC(COc1ccccc1)N1CCN(C(=O)c2cccc3ccccc23)CC1. The molecule has 1 saturated heterocycles. The molecule has 0 spiro atoms. The van der Waals surface area contributed by atoms with E-state index in [1.807, 2.05) is 77.7 Å². The summed E-state index contributed by atoms with van der Waals surface area (Å²) in [6, 6.07) is 22.9. The van der Waals surface area contributed by atoms with E-state index in [1.54, 1.807) is 0 Å². The number of para-hydroxylation sites is 1. The number of hydrogen-bond acceptors (Lipinski definition) is 4. The Bertz CT molecular complexity index is 1040. The van der Waals surface area contributed by atoms with Crippen LogP contribution in [0.4, 0.5) is 0 Å². The van der Waals surface area contributed by atoms with E-state index in [2.05, 4.69) is 4.90 Å². The summed E-state index contributed by atoms with van der Waals surface area (Å²) in [4.78, 5) is 28.5. The third-order valence-corrected chi connectivity index (χ3v) is 5.73. The standard InChI is InChI=1S/C25H26N2O4/c28-24(29)17-20(18-31-21-9-2-1-3-10-21)26-13-15-27(16-14-26)25(30)23-12-6-8-19-7-4-5-11-22(19)23/h1-12,20H,13-18H2,(H,28,29). The van der Waals surface area contributed by atoms with Crippen LogP contribution >= 0.6 is 0 Å². The lowest BCUT2D eigenvalue weighted by atomic mass is 10.0. The molecular weight excluding hydrogens is 392 g/mol. The molecule has 0 aliphatic carbocycles. The molecule has 0 radical (unpaired) electrons. The van der Waals surface area contributed by atoms with Crippen LogP contribution in [0.25, 0.3) is 10.8 Å². The lowest BCUT2D eigenvalue weighted by molar-refractivity contribution is -0.139. The molecule has 4 rings (SSSR count). The number of piperazine rings is 1. The van der Waals surface area contributed by atoms with Crippen molar-refractivity contribution in [3.05, 3.63) is 78.4 Å². The fraction of sp³-hybridized carbons (Fsp3) is 0.280. The minimum atomic E-state index is -0.851. The molecule has 0 saturated carbocycles. The van der Waals surface area contributed by atoms with Crippen LogP contribution in [0.15, 0.2) is 72.8 Å². The van der Waals surface area contributed by atoms with Gasteiger partial charge < -0.3 is 14.7 Å². The Hall–Kier alpha value is -3.38.